The van der Waals surface area contributed by atoms with E-state index in [1.54, 1.807) is 7.11 Å². The molecule has 0 saturated heterocycles. The SMILES string of the molecule is CCCCC(CC)CC(Cc1ccc(OC)cc1)NCC. The Morgan fingerprint density at radius 1 is 1.10 bits per heavy atom. The van der Waals surface area contributed by atoms with Crippen molar-refractivity contribution in [2.45, 2.75) is 65.3 Å². The molecule has 1 N–H and O–H groups in total. The van der Waals surface area contributed by atoms with Gasteiger partial charge in [0.05, 0.1) is 7.11 Å². The summed E-state index contributed by atoms with van der Waals surface area (Å²) in [5.41, 5.74) is 1.40. The third kappa shape index (κ3) is 6.99. The lowest BCUT2D eigenvalue weighted by Crippen LogP contribution is -2.33. The Hall–Kier alpha value is -1.02. The highest BCUT2D eigenvalue weighted by atomic mass is 16.5. The predicted molar refractivity (Wildman–Crippen MR) is 92.1 cm³/mol. The fraction of sp³-hybridized carbons (Fsp3) is 0.684. The Morgan fingerprint density at radius 3 is 2.33 bits per heavy atom. The smallest absolute Gasteiger partial charge is 0.118 e. The predicted octanol–water partition coefficient (Wildman–Crippen LogP) is 4.82. The second-order valence-corrected chi connectivity index (χ2v) is 5.96. The zero-order chi connectivity index (χ0) is 15.5. The van der Waals surface area contributed by atoms with Gasteiger partial charge in [-0.15, -0.1) is 0 Å². The number of ether oxygens (including phenoxy) is 1. The minimum Gasteiger partial charge on any atom is -0.497 e. The number of likely N-dealkylation sites (N-methyl/N-ethyl adjacent to an activating group) is 1. The first-order valence-electron chi connectivity index (χ1n) is 8.59. The lowest BCUT2D eigenvalue weighted by molar-refractivity contribution is 0.350. The molecule has 0 fully saturated rings. The molecule has 0 spiro atoms. The highest BCUT2D eigenvalue weighted by Crippen LogP contribution is 2.21. The molecular formula is C19H33NO. The number of nitrogens with one attached hydrogen (secondary N) is 1. The van der Waals surface area contributed by atoms with Crippen molar-refractivity contribution in [2.24, 2.45) is 5.92 Å². The third-order valence-electron chi connectivity index (χ3n) is 4.30. The summed E-state index contributed by atoms with van der Waals surface area (Å²) >= 11 is 0. The van der Waals surface area contributed by atoms with Gasteiger partial charge in [-0.2, -0.15) is 0 Å². The second kappa shape index (κ2) is 10.7. The first-order valence-corrected chi connectivity index (χ1v) is 8.59. The molecule has 0 amide bonds. The maximum absolute atomic E-state index is 5.23. The molecule has 120 valence electrons. The first-order chi connectivity index (χ1) is 10.2. The van der Waals surface area contributed by atoms with Crippen LogP contribution < -0.4 is 10.1 Å². The van der Waals surface area contributed by atoms with Gasteiger partial charge in [0.2, 0.25) is 0 Å². The van der Waals surface area contributed by atoms with E-state index in [1.165, 1.54) is 37.7 Å². The average molecular weight is 291 g/mol. The Labute approximate surface area is 131 Å². The Kier molecular flexibility index (Phi) is 9.16. The molecular weight excluding hydrogens is 258 g/mol. The van der Waals surface area contributed by atoms with E-state index >= 15 is 0 Å². The van der Waals surface area contributed by atoms with Crippen molar-refractivity contribution in [1.82, 2.24) is 5.32 Å². The van der Waals surface area contributed by atoms with E-state index in [0.717, 1.165) is 24.6 Å². The number of rotatable bonds is 11. The molecule has 0 saturated carbocycles. The van der Waals surface area contributed by atoms with Crippen molar-refractivity contribution in [3.8, 4) is 5.75 Å². The highest BCUT2D eigenvalue weighted by molar-refractivity contribution is 5.27. The lowest BCUT2D eigenvalue weighted by atomic mass is 9.89. The first kappa shape index (κ1) is 18.0. The van der Waals surface area contributed by atoms with Gasteiger partial charge in [0.15, 0.2) is 0 Å². The van der Waals surface area contributed by atoms with E-state index in [-0.39, 0.29) is 0 Å². The van der Waals surface area contributed by atoms with Crippen LogP contribution in [0.3, 0.4) is 0 Å². The summed E-state index contributed by atoms with van der Waals surface area (Å²) in [6.45, 7) is 7.86. The van der Waals surface area contributed by atoms with Crippen molar-refractivity contribution in [1.29, 1.82) is 0 Å². The number of benzene rings is 1. The fourth-order valence-corrected chi connectivity index (χ4v) is 2.96. The molecule has 2 nitrogen and oxygen atoms in total. The fourth-order valence-electron chi connectivity index (χ4n) is 2.96. The van der Waals surface area contributed by atoms with Crippen LogP contribution in [0.25, 0.3) is 0 Å². The molecule has 2 atom stereocenters. The summed E-state index contributed by atoms with van der Waals surface area (Å²) in [7, 11) is 1.72. The number of hydrogen-bond acceptors (Lipinski definition) is 2. The molecule has 1 aromatic rings. The Balaban J connectivity index is 2.58. The molecule has 2 unspecified atom stereocenters. The van der Waals surface area contributed by atoms with Crippen LogP contribution in [0.15, 0.2) is 24.3 Å². The maximum Gasteiger partial charge on any atom is 0.118 e. The summed E-state index contributed by atoms with van der Waals surface area (Å²) in [6.07, 6.45) is 7.74. The van der Waals surface area contributed by atoms with Gasteiger partial charge in [-0.05, 0) is 43.0 Å². The summed E-state index contributed by atoms with van der Waals surface area (Å²) in [5.74, 6) is 1.79. The van der Waals surface area contributed by atoms with Crippen molar-refractivity contribution in [3.63, 3.8) is 0 Å². The highest BCUT2D eigenvalue weighted by Gasteiger charge is 2.15. The van der Waals surface area contributed by atoms with Crippen LogP contribution >= 0.6 is 0 Å². The van der Waals surface area contributed by atoms with Gasteiger partial charge in [-0.1, -0.05) is 58.6 Å². The summed E-state index contributed by atoms with van der Waals surface area (Å²) in [5, 5.41) is 3.67. The number of methoxy groups -OCH3 is 1. The van der Waals surface area contributed by atoms with E-state index in [4.69, 9.17) is 4.74 Å². The molecule has 0 aliphatic rings. The molecule has 0 heterocycles. The largest absolute Gasteiger partial charge is 0.497 e. The minimum atomic E-state index is 0.588. The van der Waals surface area contributed by atoms with Gasteiger partial charge in [-0.25, -0.2) is 0 Å². The van der Waals surface area contributed by atoms with Crippen molar-refractivity contribution in [3.05, 3.63) is 29.8 Å². The molecule has 0 aliphatic heterocycles. The molecule has 0 radical (unpaired) electrons. The van der Waals surface area contributed by atoms with Crippen LogP contribution in [0.5, 0.6) is 5.75 Å². The second-order valence-electron chi connectivity index (χ2n) is 5.96. The van der Waals surface area contributed by atoms with Crippen LogP contribution in [0, 0.1) is 5.92 Å². The van der Waals surface area contributed by atoms with E-state index in [2.05, 4.69) is 50.4 Å². The summed E-state index contributed by atoms with van der Waals surface area (Å²) in [4.78, 5) is 0. The van der Waals surface area contributed by atoms with Crippen LogP contribution in [0.1, 0.15) is 58.4 Å². The van der Waals surface area contributed by atoms with Gasteiger partial charge in [0, 0.05) is 6.04 Å². The van der Waals surface area contributed by atoms with Gasteiger partial charge in [0.25, 0.3) is 0 Å². The Morgan fingerprint density at radius 2 is 1.81 bits per heavy atom. The molecule has 2 heteroatoms. The molecule has 1 aromatic carbocycles. The standard InChI is InChI=1S/C19H33NO/c1-5-8-9-16(6-2)14-18(20-7-3)15-17-10-12-19(21-4)13-11-17/h10-13,16,18,20H,5-9,14-15H2,1-4H3. The summed E-state index contributed by atoms with van der Waals surface area (Å²) < 4.78 is 5.23. The molecule has 0 aromatic heterocycles. The normalized spacial score (nSPS) is 13.9. The third-order valence-corrected chi connectivity index (χ3v) is 4.30. The maximum atomic E-state index is 5.23. The van der Waals surface area contributed by atoms with E-state index in [9.17, 15) is 0 Å². The van der Waals surface area contributed by atoms with Crippen molar-refractivity contribution in [2.75, 3.05) is 13.7 Å². The van der Waals surface area contributed by atoms with Crippen LogP contribution in [0.2, 0.25) is 0 Å². The molecule has 21 heavy (non-hydrogen) atoms. The molecule has 0 aliphatic carbocycles. The van der Waals surface area contributed by atoms with Crippen LogP contribution in [0.4, 0.5) is 0 Å². The average Bonchev–Trinajstić information content (AvgIpc) is 2.52. The number of hydrogen-bond donors (Lipinski definition) is 1. The quantitative estimate of drug-likeness (QED) is 0.631. The zero-order valence-electron chi connectivity index (χ0n) is 14.3. The minimum absolute atomic E-state index is 0.588. The van der Waals surface area contributed by atoms with Crippen molar-refractivity contribution < 1.29 is 4.74 Å². The Bertz CT molecular complexity index is 360. The lowest BCUT2D eigenvalue weighted by Gasteiger charge is -2.24. The topological polar surface area (TPSA) is 21.3 Å². The van der Waals surface area contributed by atoms with Gasteiger partial charge < -0.3 is 10.1 Å². The van der Waals surface area contributed by atoms with Gasteiger partial charge in [-0.3, -0.25) is 0 Å². The van der Waals surface area contributed by atoms with Gasteiger partial charge >= 0.3 is 0 Å². The zero-order valence-corrected chi connectivity index (χ0v) is 14.3. The summed E-state index contributed by atoms with van der Waals surface area (Å²) in [6, 6.07) is 9.09. The molecule has 0 bridgehead atoms. The van der Waals surface area contributed by atoms with E-state index < -0.39 is 0 Å². The monoisotopic (exact) mass is 291 g/mol. The van der Waals surface area contributed by atoms with E-state index in [0.29, 0.717) is 6.04 Å². The number of unbranched alkanes of at least 4 members (excludes halogenated alkanes) is 1. The van der Waals surface area contributed by atoms with E-state index in [1.807, 2.05) is 0 Å². The van der Waals surface area contributed by atoms with Gasteiger partial charge in [0.1, 0.15) is 5.75 Å². The molecule has 1 rings (SSSR count). The van der Waals surface area contributed by atoms with Crippen molar-refractivity contribution >= 4 is 0 Å². The van der Waals surface area contributed by atoms with Crippen LogP contribution in [-0.4, -0.2) is 19.7 Å². The van der Waals surface area contributed by atoms with Crippen LogP contribution in [-0.2, 0) is 6.42 Å².